The van der Waals surface area contributed by atoms with Crippen molar-refractivity contribution in [1.29, 1.82) is 5.26 Å². The van der Waals surface area contributed by atoms with Crippen LogP contribution >= 0.6 is 0 Å². The zero-order valence-electron chi connectivity index (χ0n) is 12.9. The summed E-state index contributed by atoms with van der Waals surface area (Å²) in [6.45, 7) is 0. The lowest BCUT2D eigenvalue weighted by Crippen LogP contribution is -2.16. The first-order chi connectivity index (χ1) is 11.6. The SMILES string of the molecule is N#CCC(=O)Nc1ccccc1NC(=O)CCc1ccccc1F. The average Bonchev–Trinajstić information content (AvgIpc) is 2.56. The molecule has 0 unspecified atom stereocenters. The van der Waals surface area contributed by atoms with Crippen molar-refractivity contribution in [3.63, 3.8) is 0 Å². The number of carbonyl (C=O) groups is 2. The van der Waals surface area contributed by atoms with Crippen molar-refractivity contribution in [2.24, 2.45) is 0 Å². The summed E-state index contributed by atoms with van der Waals surface area (Å²) >= 11 is 0. The molecule has 5 nitrogen and oxygen atoms in total. The standard InChI is InChI=1S/C18H16FN3O2/c19-14-6-2-1-5-13(14)9-10-17(23)21-15-7-3-4-8-16(15)22-18(24)11-12-20/h1-8H,9-11H2,(H,21,23)(H,22,24). The van der Waals surface area contributed by atoms with Crippen LogP contribution in [0.15, 0.2) is 48.5 Å². The Bertz CT molecular complexity index is 784. The summed E-state index contributed by atoms with van der Waals surface area (Å²) in [7, 11) is 0. The van der Waals surface area contributed by atoms with Crippen molar-refractivity contribution >= 4 is 23.2 Å². The minimum absolute atomic E-state index is 0.113. The van der Waals surface area contributed by atoms with E-state index in [1.807, 2.05) is 0 Å². The second-order valence-electron chi connectivity index (χ2n) is 5.07. The number of carbonyl (C=O) groups excluding carboxylic acids is 2. The molecular formula is C18H16FN3O2. The summed E-state index contributed by atoms with van der Waals surface area (Å²) in [4.78, 5) is 23.6. The van der Waals surface area contributed by atoms with Crippen LogP contribution in [0.2, 0.25) is 0 Å². The van der Waals surface area contributed by atoms with Crippen LogP contribution in [0.1, 0.15) is 18.4 Å². The molecule has 2 N–H and O–H groups in total. The minimum Gasteiger partial charge on any atom is -0.324 e. The highest BCUT2D eigenvalue weighted by Gasteiger charge is 2.10. The Balaban J connectivity index is 1.98. The van der Waals surface area contributed by atoms with E-state index >= 15 is 0 Å². The fraction of sp³-hybridized carbons (Fsp3) is 0.167. The van der Waals surface area contributed by atoms with Gasteiger partial charge in [-0.05, 0) is 30.2 Å². The molecule has 0 fully saturated rings. The van der Waals surface area contributed by atoms with Gasteiger partial charge in [0.25, 0.3) is 0 Å². The summed E-state index contributed by atoms with van der Waals surface area (Å²) < 4.78 is 13.5. The Labute approximate surface area is 139 Å². The van der Waals surface area contributed by atoms with Crippen LogP contribution in [-0.2, 0) is 16.0 Å². The number of para-hydroxylation sites is 2. The average molecular weight is 325 g/mol. The van der Waals surface area contributed by atoms with Gasteiger partial charge in [0.2, 0.25) is 11.8 Å². The smallest absolute Gasteiger partial charge is 0.238 e. The lowest BCUT2D eigenvalue weighted by molar-refractivity contribution is -0.116. The lowest BCUT2D eigenvalue weighted by Gasteiger charge is -2.11. The van der Waals surface area contributed by atoms with Gasteiger partial charge in [-0.25, -0.2) is 4.39 Å². The highest BCUT2D eigenvalue weighted by molar-refractivity contribution is 6.00. The third-order valence-corrected chi connectivity index (χ3v) is 3.29. The van der Waals surface area contributed by atoms with E-state index in [1.165, 1.54) is 6.07 Å². The van der Waals surface area contributed by atoms with Gasteiger partial charge in [-0.15, -0.1) is 0 Å². The minimum atomic E-state index is -0.453. The Morgan fingerprint density at radius 3 is 2.17 bits per heavy atom. The van der Waals surface area contributed by atoms with Crippen molar-refractivity contribution in [2.75, 3.05) is 10.6 Å². The van der Waals surface area contributed by atoms with Gasteiger partial charge >= 0.3 is 0 Å². The van der Waals surface area contributed by atoms with Crippen LogP contribution in [0.4, 0.5) is 15.8 Å². The van der Waals surface area contributed by atoms with E-state index < -0.39 is 5.91 Å². The first-order valence-corrected chi connectivity index (χ1v) is 7.39. The number of nitriles is 1. The second kappa shape index (κ2) is 8.44. The summed E-state index contributed by atoms with van der Waals surface area (Å²) in [5.41, 5.74) is 1.32. The Hall–Kier alpha value is -3.20. The molecule has 0 spiro atoms. The molecule has 0 aliphatic carbocycles. The maximum Gasteiger partial charge on any atom is 0.238 e. The largest absolute Gasteiger partial charge is 0.324 e. The topological polar surface area (TPSA) is 82.0 Å². The molecule has 24 heavy (non-hydrogen) atoms. The van der Waals surface area contributed by atoms with Crippen molar-refractivity contribution in [2.45, 2.75) is 19.3 Å². The highest BCUT2D eigenvalue weighted by Crippen LogP contribution is 2.21. The number of hydrogen-bond donors (Lipinski definition) is 2. The van der Waals surface area contributed by atoms with Gasteiger partial charge in [-0.3, -0.25) is 9.59 Å². The molecule has 2 amide bonds. The van der Waals surface area contributed by atoms with E-state index in [9.17, 15) is 14.0 Å². The monoisotopic (exact) mass is 325 g/mol. The molecule has 2 rings (SSSR count). The molecule has 0 aromatic heterocycles. The fourth-order valence-corrected chi connectivity index (χ4v) is 2.13. The quantitative estimate of drug-likeness (QED) is 0.855. The van der Waals surface area contributed by atoms with Crippen LogP contribution in [-0.4, -0.2) is 11.8 Å². The number of rotatable bonds is 6. The first-order valence-electron chi connectivity index (χ1n) is 7.39. The number of benzene rings is 2. The summed E-state index contributed by atoms with van der Waals surface area (Å²) in [6.07, 6.45) is 0.123. The number of amides is 2. The van der Waals surface area contributed by atoms with Gasteiger partial charge in [0.1, 0.15) is 12.2 Å². The van der Waals surface area contributed by atoms with E-state index in [4.69, 9.17) is 5.26 Å². The first kappa shape index (κ1) is 17.2. The van der Waals surface area contributed by atoms with Crippen LogP contribution in [0, 0.1) is 17.1 Å². The van der Waals surface area contributed by atoms with Crippen LogP contribution < -0.4 is 10.6 Å². The molecule has 6 heteroatoms. The molecule has 0 aliphatic heterocycles. The fourth-order valence-electron chi connectivity index (χ4n) is 2.13. The normalized spacial score (nSPS) is 9.83. The number of hydrogen-bond acceptors (Lipinski definition) is 3. The number of nitrogens with one attached hydrogen (secondary N) is 2. The molecule has 2 aromatic rings. The van der Waals surface area contributed by atoms with E-state index in [0.29, 0.717) is 16.9 Å². The number of halogens is 1. The van der Waals surface area contributed by atoms with Crippen molar-refractivity contribution in [3.8, 4) is 6.07 Å². The third-order valence-electron chi connectivity index (χ3n) is 3.29. The van der Waals surface area contributed by atoms with Gasteiger partial charge in [0.15, 0.2) is 0 Å². The zero-order valence-corrected chi connectivity index (χ0v) is 12.9. The van der Waals surface area contributed by atoms with Crippen molar-refractivity contribution in [3.05, 3.63) is 59.9 Å². The lowest BCUT2D eigenvalue weighted by atomic mass is 10.1. The second-order valence-corrected chi connectivity index (χ2v) is 5.07. The Kier molecular flexibility index (Phi) is 6.03. The Morgan fingerprint density at radius 1 is 0.958 bits per heavy atom. The highest BCUT2D eigenvalue weighted by atomic mass is 19.1. The summed E-state index contributed by atoms with van der Waals surface area (Å²) in [6, 6.07) is 14.8. The maximum absolute atomic E-state index is 13.5. The van der Waals surface area contributed by atoms with Gasteiger partial charge in [-0.2, -0.15) is 5.26 Å². The van der Waals surface area contributed by atoms with Gasteiger partial charge in [-0.1, -0.05) is 30.3 Å². The molecule has 122 valence electrons. The molecule has 0 radical (unpaired) electrons. The van der Waals surface area contributed by atoms with E-state index in [1.54, 1.807) is 48.5 Å². The number of aryl methyl sites for hydroxylation is 1. The van der Waals surface area contributed by atoms with E-state index in [-0.39, 0.29) is 31.0 Å². The summed E-state index contributed by atoms with van der Waals surface area (Å²) in [5.74, 6) is -1.08. The predicted octanol–water partition coefficient (Wildman–Crippen LogP) is 3.25. The van der Waals surface area contributed by atoms with Gasteiger partial charge in [0.05, 0.1) is 17.4 Å². The van der Waals surface area contributed by atoms with E-state index in [2.05, 4.69) is 10.6 Å². The molecule has 0 atom stereocenters. The zero-order chi connectivity index (χ0) is 17.4. The molecule has 0 saturated carbocycles. The molecule has 0 bridgehead atoms. The maximum atomic E-state index is 13.5. The van der Waals surface area contributed by atoms with Gasteiger partial charge < -0.3 is 10.6 Å². The third kappa shape index (κ3) is 4.92. The Morgan fingerprint density at radius 2 is 1.54 bits per heavy atom. The van der Waals surface area contributed by atoms with Crippen LogP contribution in [0.5, 0.6) is 0 Å². The molecule has 0 saturated heterocycles. The van der Waals surface area contributed by atoms with E-state index in [0.717, 1.165) is 0 Å². The van der Waals surface area contributed by atoms with Gasteiger partial charge in [0, 0.05) is 6.42 Å². The number of nitrogens with zero attached hydrogens (tertiary/aromatic N) is 1. The molecular weight excluding hydrogens is 309 g/mol. The van der Waals surface area contributed by atoms with Crippen LogP contribution in [0.25, 0.3) is 0 Å². The molecule has 2 aromatic carbocycles. The predicted molar refractivity (Wildman–Crippen MR) is 88.7 cm³/mol. The van der Waals surface area contributed by atoms with Crippen molar-refractivity contribution < 1.29 is 14.0 Å². The number of anilines is 2. The van der Waals surface area contributed by atoms with Crippen molar-refractivity contribution in [1.82, 2.24) is 0 Å². The molecule has 0 heterocycles. The molecule has 0 aliphatic rings. The van der Waals surface area contributed by atoms with Crippen LogP contribution in [0.3, 0.4) is 0 Å². The summed E-state index contributed by atoms with van der Waals surface area (Å²) in [5, 5.41) is 13.8.